The average molecular weight is 241 g/mol. The van der Waals surface area contributed by atoms with Crippen molar-refractivity contribution in [2.24, 2.45) is 0 Å². The van der Waals surface area contributed by atoms with E-state index >= 15 is 0 Å². The van der Waals surface area contributed by atoms with Crippen LogP contribution in [0.1, 0.15) is 5.69 Å². The van der Waals surface area contributed by atoms with E-state index in [0.717, 1.165) is 13.1 Å². The Hall–Kier alpha value is -0.980. The van der Waals surface area contributed by atoms with Crippen LogP contribution >= 0.6 is 0 Å². The second-order valence-electron chi connectivity index (χ2n) is 3.73. The molecule has 88 valence electrons. The van der Waals surface area contributed by atoms with E-state index in [2.05, 4.69) is 10.3 Å². The zero-order chi connectivity index (χ0) is 11.4. The van der Waals surface area contributed by atoms with Crippen LogP contribution in [0.2, 0.25) is 0 Å². The number of pyridine rings is 1. The normalized spacial score (nSPS) is 18.5. The molecule has 1 fully saturated rings. The van der Waals surface area contributed by atoms with Crippen LogP contribution in [0.3, 0.4) is 0 Å². The van der Waals surface area contributed by atoms with Crippen LogP contribution in [0.25, 0.3) is 0 Å². The maximum absolute atomic E-state index is 12.0. The summed E-state index contributed by atoms with van der Waals surface area (Å²) < 4.78 is 25.6. The fourth-order valence-electron chi connectivity index (χ4n) is 1.68. The second kappa shape index (κ2) is 4.90. The van der Waals surface area contributed by atoms with Gasteiger partial charge in [0.25, 0.3) is 0 Å². The summed E-state index contributed by atoms with van der Waals surface area (Å²) in [6.45, 7) is 2.55. The summed E-state index contributed by atoms with van der Waals surface area (Å²) in [5, 5.41) is 3.13. The Morgan fingerprint density at radius 2 is 2.06 bits per heavy atom. The molecule has 0 spiro atoms. The van der Waals surface area contributed by atoms with Gasteiger partial charge in [-0.05, 0) is 12.1 Å². The fraction of sp³-hybridized carbons (Fsp3) is 0.500. The van der Waals surface area contributed by atoms with E-state index in [4.69, 9.17) is 0 Å². The molecule has 0 atom stereocenters. The third-order valence-electron chi connectivity index (χ3n) is 2.53. The van der Waals surface area contributed by atoms with Crippen LogP contribution in [0.15, 0.2) is 24.4 Å². The molecule has 6 heteroatoms. The van der Waals surface area contributed by atoms with Gasteiger partial charge in [0.15, 0.2) is 0 Å². The lowest BCUT2D eigenvalue weighted by Gasteiger charge is -2.26. The van der Waals surface area contributed by atoms with Gasteiger partial charge in [0.05, 0.1) is 5.69 Å². The van der Waals surface area contributed by atoms with Gasteiger partial charge in [-0.1, -0.05) is 6.07 Å². The van der Waals surface area contributed by atoms with Crippen molar-refractivity contribution in [3.63, 3.8) is 0 Å². The van der Waals surface area contributed by atoms with Crippen molar-refractivity contribution in [3.8, 4) is 0 Å². The molecule has 1 aliphatic rings. The van der Waals surface area contributed by atoms with Gasteiger partial charge in [-0.2, -0.15) is 4.31 Å². The monoisotopic (exact) mass is 241 g/mol. The molecule has 0 aliphatic carbocycles. The molecule has 2 heterocycles. The molecule has 1 aliphatic heterocycles. The lowest BCUT2D eigenvalue weighted by Crippen LogP contribution is -2.46. The van der Waals surface area contributed by atoms with E-state index < -0.39 is 10.0 Å². The molecule has 2 rings (SSSR count). The third-order valence-corrected chi connectivity index (χ3v) is 4.34. The minimum Gasteiger partial charge on any atom is -0.314 e. The van der Waals surface area contributed by atoms with Gasteiger partial charge in [0, 0.05) is 32.4 Å². The number of hydrogen-bond donors (Lipinski definition) is 1. The molecule has 0 amide bonds. The fourth-order valence-corrected chi connectivity index (χ4v) is 3.15. The summed E-state index contributed by atoms with van der Waals surface area (Å²) in [4.78, 5) is 4.04. The Bertz CT molecular complexity index is 427. The van der Waals surface area contributed by atoms with Crippen molar-refractivity contribution in [1.82, 2.24) is 14.6 Å². The highest BCUT2D eigenvalue weighted by Crippen LogP contribution is 2.09. The Labute approximate surface area is 95.5 Å². The smallest absolute Gasteiger partial charge is 0.219 e. The zero-order valence-electron chi connectivity index (χ0n) is 8.96. The molecule has 0 saturated carbocycles. The van der Waals surface area contributed by atoms with Crippen molar-refractivity contribution in [2.75, 3.05) is 26.2 Å². The number of sulfonamides is 1. The van der Waals surface area contributed by atoms with Crippen LogP contribution in [0, 0.1) is 0 Å². The summed E-state index contributed by atoms with van der Waals surface area (Å²) in [7, 11) is -3.21. The SMILES string of the molecule is O=S(=O)(Cc1ccccn1)N1CCNCC1. The van der Waals surface area contributed by atoms with Crippen LogP contribution in [-0.4, -0.2) is 43.9 Å². The second-order valence-corrected chi connectivity index (χ2v) is 5.70. The molecular weight excluding hydrogens is 226 g/mol. The summed E-state index contributed by atoms with van der Waals surface area (Å²) in [6, 6.07) is 5.32. The molecule has 1 N–H and O–H groups in total. The van der Waals surface area contributed by atoms with Crippen LogP contribution in [0.4, 0.5) is 0 Å². The first kappa shape index (κ1) is 11.5. The van der Waals surface area contributed by atoms with Crippen LogP contribution < -0.4 is 5.32 Å². The van der Waals surface area contributed by atoms with Crippen LogP contribution in [-0.2, 0) is 15.8 Å². The van der Waals surface area contributed by atoms with Crippen molar-refractivity contribution >= 4 is 10.0 Å². The van der Waals surface area contributed by atoms with Gasteiger partial charge in [0.1, 0.15) is 5.75 Å². The average Bonchev–Trinajstić information content (AvgIpc) is 2.31. The Morgan fingerprint density at radius 1 is 1.31 bits per heavy atom. The minimum atomic E-state index is -3.21. The molecule has 0 unspecified atom stereocenters. The maximum atomic E-state index is 12.0. The number of aromatic nitrogens is 1. The molecule has 5 nitrogen and oxygen atoms in total. The summed E-state index contributed by atoms with van der Waals surface area (Å²) >= 11 is 0. The molecular formula is C10H15N3O2S. The molecule has 16 heavy (non-hydrogen) atoms. The molecule has 0 bridgehead atoms. The summed E-state index contributed by atoms with van der Waals surface area (Å²) in [6.07, 6.45) is 1.61. The van der Waals surface area contributed by atoms with Crippen molar-refractivity contribution in [2.45, 2.75) is 5.75 Å². The highest BCUT2D eigenvalue weighted by Gasteiger charge is 2.24. The van der Waals surface area contributed by atoms with Crippen molar-refractivity contribution in [3.05, 3.63) is 30.1 Å². The quantitative estimate of drug-likeness (QED) is 0.797. The van der Waals surface area contributed by atoms with Crippen molar-refractivity contribution < 1.29 is 8.42 Å². The van der Waals surface area contributed by atoms with E-state index in [0.29, 0.717) is 18.8 Å². The van der Waals surface area contributed by atoms with Crippen LogP contribution in [0.5, 0.6) is 0 Å². The van der Waals surface area contributed by atoms with Gasteiger partial charge >= 0.3 is 0 Å². The third kappa shape index (κ3) is 2.78. The van der Waals surface area contributed by atoms with Gasteiger partial charge in [-0.15, -0.1) is 0 Å². The van der Waals surface area contributed by atoms with Gasteiger partial charge in [0.2, 0.25) is 10.0 Å². The van der Waals surface area contributed by atoms with Gasteiger partial charge < -0.3 is 5.32 Å². The maximum Gasteiger partial charge on any atom is 0.219 e. The van der Waals surface area contributed by atoms with Gasteiger partial charge in [-0.3, -0.25) is 4.98 Å². The Balaban J connectivity index is 2.08. The molecule has 1 aromatic rings. The molecule has 1 aromatic heterocycles. The summed E-state index contributed by atoms with van der Waals surface area (Å²) in [5.41, 5.74) is 0.598. The Kier molecular flexibility index (Phi) is 3.52. The minimum absolute atomic E-state index is 0.00611. The first-order valence-corrected chi connectivity index (χ1v) is 6.88. The van der Waals surface area contributed by atoms with Gasteiger partial charge in [-0.25, -0.2) is 8.42 Å². The number of rotatable bonds is 3. The topological polar surface area (TPSA) is 62.3 Å². The number of nitrogens with one attached hydrogen (secondary N) is 1. The molecule has 1 saturated heterocycles. The van der Waals surface area contributed by atoms with E-state index in [9.17, 15) is 8.42 Å². The molecule has 0 aromatic carbocycles. The van der Waals surface area contributed by atoms with Crippen molar-refractivity contribution in [1.29, 1.82) is 0 Å². The van der Waals surface area contributed by atoms with E-state index in [1.165, 1.54) is 4.31 Å². The summed E-state index contributed by atoms with van der Waals surface area (Å²) in [5.74, 6) is -0.00611. The highest BCUT2D eigenvalue weighted by molar-refractivity contribution is 7.88. The predicted octanol–water partition coefficient (Wildman–Crippen LogP) is -0.183. The largest absolute Gasteiger partial charge is 0.314 e. The highest BCUT2D eigenvalue weighted by atomic mass is 32.2. The first-order chi connectivity index (χ1) is 7.68. The predicted molar refractivity (Wildman–Crippen MR) is 61.3 cm³/mol. The zero-order valence-corrected chi connectivity index (χ0v) is 9.78. The number of nitrogens with zero attached hydrogens (tertiary/aromatic N) is 2. The van der Waals surface area contributed by atoms with E-state index in [1.54, 1.807) is 24.4 Å². The van der Waals surface area contributed by atoms with E-state index in [1.807, 2.05) is 0 Å². The lowest BCUT2D eigenvalue weighted by molar-refractivity contribution is 0.359. The first-order valence-electron chi connectivity index (χ1n) is 5.27. The Morgan fingerprint density at radius 3 is 2.69 bits per heavy atom. The van der Waals surface area contributed by atoms with E-state index in [-0.39, 0.29) is 5.75 Å². The number of hydrogen-bond acceptors (Lipinski definition) is 4. The number of piperazine rings is 1. The lowest BCUT2D eigenvalue weighted by atomic mass is 10.4. The molecule has 0 radical (unpaired) electrons. The standard InChI is InChI=1S/C10H15N3O2S/c14-16(15,13-7-5-11-6-8-13)9-10-3-1-2-4-12-10/h1-4,11H,5-9H2.